The van der Waals surface area contributed by atoms with E-state index in [1.807, 2.05) is 6.92 Å². The average Bonchev–Trinajstić information content (AvgIpc) is 3.07. The minimum absolute atomic E-state index is 0.198. The summed E-state index contributed by atoms with van der Waals surface area (Å²) in [6.45, 7) is 7.26. The lowest BCUT2D eigenvalue weighted by atomic mass is 9.81. The molecule has 0 aromatic rings. The van der Waals surface area contributed by atoms with Gasteiger partial charge in [-0.15, -0.1) is 0 Å². The summed E-state index contributed by atoms with van der Waals surface area (Å²) < 4.78 is 11.9. The molecule has 0 aromatic heterocycles. The van der Waals surface area contributed by atoms with Gasteiger partial charge in [0.25, 0.3) is 0 Å². The van der Waals surface area contributed by atoms with Crippen LogP contribution in [0.15, 0.2) is 11.6 Å². The Bertz CT molecular complexity index is 374. The maximum atomic E-state index is 10.3. The molecule has 0 radical (unpaired) electrons. The molecule has 102 valence electrons. The third kappa shape index (κ3) is 2.13. The Labute approximate surface area is 109 Å². The van der Waals surface area contributed by atoms with Gasteiger partial charge >= 0.3 is 0 Å². The van der Waals surface area contributed by atoms with E-state index in [0.717, 1.165) is 25.7 Å². The molecule has 0 saturated carbocycles. The maximum absolute atomic E-state index is 10.3. The van der Waals surface area contributed by atoms with Crippen molar-refractivity contribution >= 4 is 0 Å². The highest BCUT2D eigenvalue weighted by molar-refractivity contribution is 5.13. The molecule has 3 aliphatic heterocycles. The lowest BCUT2D eigenvalue weighted by Gasteiger charge is -2.33. The Morgan fingerprint density at radius 1 is 1.33 bits per heavy atom. The van der Waals surface area contributed by atoms with Crippen LogP contribution in [0.3, 0.4) is 0 Å². The van der Waals surface area contributed by atoms with Crippen LogP contribution in [0, 0.1) is 5.41 Å². The second kappa shape index (κ2) is 4.06. The van der Waals surface area contributed by atoms with Crippen molar-refractivity contribution < 1.29 is 14.6 Å². The van der Waals surface area contributed by atoms with Gasteiger partial charge in [-0.1, -0.05) is 19.9 Å². The van der Waals surface area contributed by atoms with Gasteiger partial charge in [0.05, 0.1) is 30.5 Å². The van der Waals surface area contributed by atoms with E-state index in [0.29, 0.717) is 12.7 Å². The van der Waals surface area contributed by atoms with Crippen molar-refractivity contribution in [1.29, 1.82) is 0 Å². The standard InChI is InChI=1S/C15H24O3/c1-14(2)7-6-10-4-5-12(16)15(3,17-9-10)8-11-13(14)18-11/h6,11-13,16H,4-5,7-9H2,1-3H3/b10-6-. The van der Waals surface area contributed by atoms with E-state index >= 15 is 0 Å². The molecule has 1 N–H and O–H groups in total. The van der Waals surface area contributed by atoms with E-state index in [4.69, 9.17) is 9.47 Å². The molecular formula is C15H24O3. The third-order valence-electron chi connectivity index (χ3n) is 4.91. The van der Waals surface area contributed by atoms with Crippen LogP contribution < -0.4 is 0 Å². The fourth-order valence-electron chi connectivity index (χ4n) is 3.32. The Hall–Kier alpha value is -0.380. The number of aliphatic hydroxyl groups excluding tert-OH is 1. The molecule has 3 rings (SSSR count). The number of hydrogen-bond acceptors (Lipinski definition) is 3. The van der Waals surface area contributed by atoms with E-state index in [1.54, 1.807) is 0 Å². The second-order valence-corrected chi connectivity index (χ2v) is 7.01. The summed E-state index contributed by atoms with van der Waals surface area (Å²) in [6.07, 6.45) is 6.13. The van der Waals surface area contributed by atoms with Crippen LogP contribution in [0.2, 0.25) is 0 Å². The molecule has 2 bridgehead atoms. The molecule has 0 amide bonds. The predicted molar refractivity (Wildman–Crippen MR) is 69.4 cm³/mol. The Kier molecular flexibility index (Phi) is 2.85. The number of hydrogen-bond donors (Lipinski definition) is 1. The highest BCUT2D eigenvalue weighted by Gasteiger charge is 2.53. The first-order valence-electron chi connectivity index (χ1n) is 7.06. The Morgan fingerprint density at radius 3 is 2.89 bits per heavy atom. The lowest BCUT2D eigenvalue weighted by Crippen LogP contribution is -2.43. The van der Waals surface area contributed by atoms with E-state index in [2.05, 4.69) is 19.9 Å². The minimum atomic E-state index is -0.442. The van der Waals surface area contributed by atoms with E-state index in [9.17, 15) is 5.11 Å². The summed E-state index contributed by atoms with van der Waals surface area (Å²) in [5.74, 6) is 0. The number of ether oxygens (including phenoxy) is 2. The molecule has 0 aliphatic carbocycles. The van der Waals surface area contributed by atoms with Crippen molar-refractivity contribution in [2.75, 3.05) is 6.61 Å². The number of epoxide rings is 1. The summed E-state index contributed by atoms with van der Waals surface area (Å²) >= 11 is 0. The number of fused-ring (bicyclic) bond motifs is 4. The van der Waals surface area contributed by atoms with E-state index < -0.39 is 5.60 Å². The molecule has 0 spiro atoms. The van der Waals surface area contributed by atoms with Gasteiger partial charge in [0.15, 0.2) is 0 Å². The Morgan fingerprint density at radius 2 is 2.11 bits per heavy atom. The average molecular weight is 252 g/mol. The van der Waals surface area contributed by atoms with Crippen molar-refractivity contribution in [3.8, 4) is 0 Å². The number of rotatable bonds is 0. The summed E-state index contributed by atoms with van der Waals surface area (Å²) in [5.41, 5.74) is 1.09. The van der Waals surface area contributed by atoms with Crippen LogP contribution in [0.1, 0.15) is 46.5 Å². The van der Waals surface area contributed by atoms with Crippen LogP contribution in [0.25, 0.3) is 0 Å². The summed E-state index contributed by atoms with van der Waals surface area (Å²) in [6, 6.07) is 0. The van der Waals surface area contributed by atoms with Crippen LogP contribution in [0.5, 0.6) is 0 Å². The van der Waals surface area contributed by atoms with Crippen molar-refractivity contribution in [2.24, 2.45) is 5.41 Å². The molecule has 3 heterocycles. The lowest BCUT2D eigenvalue weighted by molar-refractivity contribution is -0.106. The van der Waals surface area contributed by atoms with Crippen LogP contribution >= 0.6 is 0 Å². The predicted octanol–water partition coefficient (Wildman–Crippen LogP) is 2.43. The van der Waals surface area contributed by atoms with Crippen molar-refractivity contribution in [1.82, 2.24) is 0 Å². The summed E-state index contributed by atoms with van der Waals surface area (Å²) in [5, 5.41) is 10.3. The first-order valence-corrected chi connectivity index (χ1v) is 7.06. The molecule has 2 fully saturated rings. The molecule has 4 atom stereocenters. The Balaban J connectivity index is 1.91. The molecule has 3 aliphatic rings. The van der Waals surface area contributed by atoms with Crippen LogP contribution in [-0.2, 0) is 9.47 Å². The second-order valence-electron chi connectivity index (χ2n) is 7.01. The topological polar surface area (TPSA) is 42.0 Å². The molecular weight excluding hydrogens is 228 g/mol. The number of allylic oxidation sites excluding steroid dienone is 1. The van der Waals surface area contributed by atoms with Crippen molar-refractivity contribution in [3.05, 3.63) is 11.6 Å². The fraction of sp³-hybridized carbons (Fsp3) is 0.867. The van der Waals surface area contributed by atoms with Crippen molar-refractivity contribution in [2.45, 2.75) is 70.4 Å². The highest BCUT2D eigenvalue weighted by atomic mass is 16.6. The fourth-order valence-corrected chi connectivity index (χ4v) is 3.32. The maximum Gasteiger partial charge on any atom is 0.0942 e. The molecule has 4 unspecified atom stereocenters. The normalized spacial score (nSPS) is 49.8. The molecule has 2 saturated heterocycles. The molecule has 3 heteroatoms. The monoisotopic (exact) mass is 252 g/mol. The first-order chi connectivity index (χ1) is 8.41. The van der Waals surface area contributed by atoms with Gasteiger partial charge in [-0.05, 0) is 37.2 Å². The molecule has 3 nitrogen and oxygen atoms in total. The van der Waals surface area contributed by atoms with Gasteiger partial charge in [-0.3, -0.25) is 0 Å². The SMILES string of the molecule is CC1(C)C/C=C2/CCC(O)C(C)(CC3OC31)OC2. The zero-order valence-corrected chi connectivity index (χ0v) is 11.6. The first kappa shape index (κ1) is 12.6. The smallest absolute Gasteiger partial charge is 0.0942 e. The largest absolute Gasteiger partial charge is 0.390 e. The van der Waals surface area contributed by atoms with Crippen LogP contribution in [0.4, 0.5) is 0 Å². The zero-order chi connectivity index (χ0) is 13.0. The van der Waals surface area contributed by atoms with Crippen LogP contribution in [-0.4, -0.2) is 35.6 Å². The summed E-state index contributed by atoms with van der Waals surface area (Å²) in [7, 11) is 0. The molecule has 18 heavy (non-hydrogen) atoms. The van der Waals surface area contributed by atoms with Gasteiger partial charge < -0.3 is 14.6 Å². The van der Waals surface area contributed by atoms with Gasteiger partial charge in [-0.25, -0.2) is 0 Å². The van der Waals surface area contributed by atoms with Gasteiger partial charge in [0.2, 0.25) is 0 Å². The molecule has 0 aromatic carbocycles. The van der Waals surface area contributed by atoms with Crippen molar-refractivity contribution in [3.63, 3.8) is 0 Å². The quantitative estimate of drug-likeness (QED) is 0.532. The minimum Gasteiger partial charge on any atom is -0.390 e. The highest BCUT2D eigenvalue weighted by Crippen LogP contribution is 2.47. The third-order valence-corrected chi connectivity index (χ3v) is 4.91. The zero-order valence-electron chi connectivity index (χ0n) is 11.6. The van der Waals surface area contributed by atoms with Gasteiger partial charge in [0, 0.05) is 6.42 Å². The van der Waals surface area contributed by atoms with E-state index in [-0.39, 0.29) is 17.6 Å². The van der Waals surface area contributed by atoms with Gasteiger partial charge in [0.1, 0.15) is 0 Å². The van der Waals surface area contributed by atoms with E-state index in [1.165, 1.54) is 5.57 Å². The summed E-state index contributed by atoms with van der Waals surface area (Å²) in [4.78, 5) is 0. The number of aliphatic hydroxyl groups is 1. The van der Waals surface area contributed by atoms with Gasteiger partial charge in [-0.2, -0.15) is 0 Å².